The van der Waals surface area contributed by atoms with Gasteiger partial charge in [0.2, 0.25) is 11.8 Å². The molecule has 2 heterocycles. The number of hydrogen-bond donors (Lipinski definition) is 0. The molecular weight excluding hydrogens is 304 g/mol. The van der Waals surface area contributed by atoms with E-state index in [-0.39, 0.29) is 23.8 Å². The summed E-state index contributed by atoms with van der Waals surface area (Å²) in [4.78, 5) is 29.1. The zero-order valence-electron chi connectivity index (χ0n) is 14.1. The highest BCUT2D eigenvalue weighted by molar-refractivity contribution is 5.90. The minimum atomic E-state index is -0.163. The van der Waals surface area contributed by atoms with E-state index in [9.17, 15) is 9.59 Å². The molecule has 4 rings (SSSR count). The Morgan fingerprint density at radius 2 is 2.08 bits per heavy atom. The van der Waals surface area contributed by atoms with E-state index in [1.165, 1.54) is 0 Å². The fraction of sp³-hybridized carbons (Fsp3) is 0.579. The molecule has 1 aromatic carbocycles. The van der Waals surface area contributed by atoms with E-state index in [4.69, 9.17) is 4.74 Å². The standard InChI is InChI=1S/C19H24N2O3/c1-24-16-5-2-4-13(10-16)17-6-3-9-20(17)19(23)14-11-18(22)21(12-14)15-7-8-15/h2,4-5,10,14-15,17H,3,6-9,11-12H2,1H3. The van der Waals surface area contributed by atoms with Crippen molar-refractivity contribution in [3.05, 3.63) is 29.8 Å². The van der Waals surface area contributed by atoms with E-state index in [0.29, 0.717) is 19.0 Å². The fourth-order valence-electron chi connectivity index (χ4n) is 4.10. The van der Waals surface area contributed by atoms with E-state index in [1.54, 1.807) is 7.11 Å². The number of ether oxygens (including phenoxy) is 1. The topological polar surface area (TPSA) is 49.9 Å². The van der Waals surface area contributed by atoms with Crippen molar-refractivity contribution < 1.29 is 14.3 Å². The molecule has 0 bridgehead atoms. The molecule has 3 fully saturated rings. The average molecular weight is 328 g/mol. The number of amides is 2. The highest BCUT2D eigenvalue weighted by Gasteiger charge is 2.44. The summed E-state index contributed by atoms with van der Waals surface area (Å²) in [5.74, 6) is 0.969. The number of rotatable bonds is 4. The van der Waals surface area contributed by atoms with Crippen LogP contribution < -0.4 is 4.74 Å². The highest BCUT2D eigenvalue weighted by Crippen LogP contribution is 2.37. The smallest absolute Gasteiger partial charge is 0.228 e. The second-order valence-electron chi connectivity index (χ2n) is 7.14. The lowest BCUT2D eigenvalue weighted by molar-refractivity contribution is -0.136. The Bertz CT molecular complexity index is 656. The van der Waals surface area contributed by atoms with E-state index < -0.39 is 0 Å². The average Bonchev–Trinajstić information content (AvgIpc) is 3.19. The van der Waals surface area contributed by atoms with Crippen molar-refractivity contribution in [3.63, 3.8) is 0 Å². The van der Waals surface area contributed by atoms with Crippen LogP contribution in [0.2, 0.25) is 0 Å². The molecule has 1 saturated carbocycles. The van der Waals surface area contributed by atoms with Gasteiger partial charge in [-0.2, -0.15) is 0 Å². The van der Waals surface area contributed by atoms with Crippen LogP contribution in [-0.2, 0) is 9.59 Å². The van der Waals surface area contributed by atoms with Crippen molar-refractivity contribution in [1.82, 2.24) is 9.80 Å². The third-order valence-corrected chi connectivity index (χ3v) is 5.51. The van der Waals surface area contributed by atoms with Gasteiger partial charge < -0.3 is 14.5 Å². The lowest BCUT2D eigenvalue weighted by Crippen LogP contribution is -2.37. The van der Waals surface area contributed by atoms with Gasteiger partial charge in [0.1, 0.15) is 5.75 Å². The molecule has 2 saturated heterocycles. The number of methoxy groups -OCH3 is 1. The molecule has 0 spiro atoms. The number of nitrogens with zero attached hydrogens (tertiary/aromatic N) is 2. The van der Waals surface area contributed by atoms with E-state index in [2.05, 4.69) is 6.07 Å². The molecule has 0 aromatic heterocycles. The second-order valence-corrected chi connectivity index (χ2v) is 7.14. The molecule has 3 aliphatic rings. The zero-order chi connectivity index (χ0) is 16.7. The lowest BCUT2D eigenvalue weighted by atomic mass is 10.0. The van der Waals surface area contributed by atoms with Crippen LogP contribution >= 0.6 is 0 Å². The van der Waals surface area contributed by atoms with Gasteiger partial charge in [-0.05, 0) is 43.4 Å². The number of carbonyl (C=O) groups excluding carboxylic acids is 2. The molecule has 1 aromatic rings. The quantitative estimate of drug-likeness (QED) is 0.852. The zero-order valence-corrected chi connectivity index (χ0v) is 14.1. The SMILES string of the molecule is COc1cccc(C2CCCN2C(=O)C2CC(=O)N(C3CC3)C2)c1. The summed E-state index contributed by atoms with van der Waals surface area (Å²) >= 11 is 0. The molecule has 24 heavy (non-hydrogen) atoms. The lowest BCUT2D eigenvalue weighted by Gasteiger charge is -2.28. The van der Waals surface area contributed by atoms with Crippen molar-refractivity contribution in [2.45, 2.75) is 44.2 Å². The van der Waals surface area contributed by atoms with Crippen molar-refractivity contribution >= 4 is 11.8 Å². The predicted octanol–water partition coefficient (Wildman–Crippen LogP) is 2.37. The second kappa shape index (κ2) is 6.11. The monoisotopic (exact) mass is 328 g/mol. The number of benzene rings is 1. The first-order valence-electron chi connectivity index (χ1n) is 8.91. The molecule has 128 valence electrons. The number of hydrogen-bond acceptors (Lipinski definition) is 3. The molecule has 2 unspecified atom stereocenters. The summed E-state index contributed by atoms with van der Waals surface area (Å²) < 4.78 is 5.32. The van der Waals surface area contributed by atoms with Gasteiger partial charge in [0.25, 0.3) is 0 Å². The molecule has 5 heteroatoms. The van der Waals surface area contributed by atoms with Crippen LogP contribution in [0.3, 0.4) is 0 Å². The Morgan fingerprint density at radius 3 is 2.83 bits per heavy atom. The van der Waals surface area contributed by atoms with Gasteiger partial charge in [0.05, 0.1) is 19.1 Å². The van der Waals surface area contributed by atoms with Crippen LogP contribution in [0.5, 0.6) is 5.75 Å². The summed E-state index contributed by atoms with van der Waals surface area (Å²) in [6.07, 6.45) is 4.58. The van der Waals surface area contributed by atoms with E-state index in [0.717, 1.165) is 43.5 Å². The number of likely N-dealkylation sites (tertiary alicyclic amines) is 2. The molecule has 5 nitrogen and oxygen atoms in total. The van der Waals surface area contributed by atoms with Gasteiger partial charge in [-0.25, -0.2) is 0 Å². The Kier molecular flexibility index (Phi) is 3.94. The minimum Gasteiger partial charge on any atom is -0.497 e. The van der Waals surface area contributed by atoms with Gasteiger partial charge in [-0.15, -0.1) is 0 Å². The summed E-state index contributed by atoms with van der Waals surface area (Å²) in [7, 11) is 1.66. The summed E-state index contributed by atoms with van der Waals surface area (Å²) in [6.45, 7) is 1.40. The maximum Gasteiger partial charge on any atom is 0.228 e. The van der Waals surface area contributed by atoms with Gasteiger partial charge in [-0.3, -0.25) is 9.59 Å². The highest BCUT2D eigenvalue weighted by atomic mass is 16.5. The van der Waals surface area contributed by atoms with Crippen molar-refractivity contribution in [2.75, 3.05) is 20.2 Å². The molecule has 2 aliphatic heterocycles. The van der Waals surface area contributed by atoms with Gasteiger partial charge in [-0.1, -0.05) is 12.1 Å². The largest absolute Gasteiger partial charge is 0.497 e. The molecule has 2 atom stereocenters. The van der Waals surface area contributed by atoms with Crippen LogP contribution in [0, 0.1) is 5.92 Å². The van der Waals surface area contributed by atoms with Crippen LogP contribution in [0.4, 0.5) is 0 Å². The van der Waals surface area contributed by atoms with Crippen molar-refractivity contribution in [2.24, 2.45) is 5.92 Å². The maximum atomic E-state index is 13.0. The van der Waals surface area contributed by atoms with Crippen LogP contribution in [0.15, 0.2) is 24.3 Å². The molecule has 2 amide bonds. The third kappa shape index (κ3) is 2.76. The fourth-order valence-corrected chi connectivity index (χ4v) is 4.10. The van der Waals surface area contributed by atoms with E-state index >= 15 is 0 Å². The van der Waals surface area contributed by atoms with E-state index in [1.807, 2.05) is 28.0 Å². The summed E-state index contributed by atoms with van der Waals surface area (Å²) in [6, 6.07) is 8.50. The first-order chi connectivity index (χ1) is 11.7. The third-order valence-electron chi connectivity index (χ3n) is 5.51. The first kappa shape index (κ1) is 15.5. The maximum absolute atomic E-state index is 13.0. The van der Waals surface area contributed by atoms with Gasteiger partial charge >= 0.3 is 0 Å². The Labute approximate surface area is 142 Å². The van der Waals surface area contributed by atoms with Gasteiger partial charge in [0.15, 0.2) is 0 Å². The summed E-state index contributed by atoms with van der Waals surface area (Å²) in [5.41, 5.74) is 1.13. The van der Waals surface area contributed by atoms with Crippen molar-refractivity contribution in [3.8, 4) is 5.75 Å². The molecule has 0 N–H and O–H groups in total. The molecule has 1 aliphatic carbocycles. The van der Waals surface area contributed by atoms with Crippen molar-refractivity contribution in [1.29, 1.82) is 0 Å². The minimum absolute atomic E-state index is 0.109. The molecular formula is C19H24N2O3. The van der Waals surface area contributed by atoms with Crippen LogP contribution in [0.1, 0.15) is 43.7 Å². The summed E-state index contributed by atoms with van der Waals surface area (Å²) in [5, 5.41) is 0. The first-order valence-corrected chi connectivity index (χ1v) is 8.91. The van der Waals surface area contributed by atoms with Gasteiger partial charge in [0, 0.05) is 25.6 Å². The Balaban J connectivity index is 1.50. The Morgan fingerprint density at radius 1 is 1.25 bits per heavy atom. The normalized spacial score (nSPS) is 27.0. The number of carbonyl (C=O) groups is 2. The Hall–Kier alpha value is -2.04. The predicted molar refractivity (Wildman–Crippen MR) is 89.5 cm³/mol. The molecule has 0 radical (unpaired) electrons. The van der Waals surface area contributed by atoms with Crippen LogP contribution in [-0.4, -0.2) is 47.9 Å². The van der Waals surface area contributed by atoms with Crippen LogP contribution in [0.25, 0.3) is 0 Å².